The lowest BCUT2D eigenvalue weighted by Gasteiger charge is -2.19. The Morgan fingerprint density at radius 1 is 0.735 bits per heavy atom. The van der Waals surface area contributed by atoms with Gasteiger partial charge in [-0.15, -0.1) is 0 Å². The van der Waals surface area contributed by atoms with Gasteiger partial charge in [0.25, 0.3) is 0 Å². The van der Waals surface area contributed by atoms with Gasteiger partial charge in [-0.25, -0.2) is 4.79 Å². The van der Waals surface area contributed by atoms with Crippen LogP contribution in [0.1, 0.15) is 36.6 Å². The molecule has 0 saturated heterocycles. The summed E-state index contributed by atoms with van der Waals surface area (Å²) < 4.78 is 20.8. The van der Waals surface area contributed by atoms with Gasteiger partial charge in [-0.2, -0.15) is 0 Å². The van der Waals surface area contributed by atoms with E-state index in [4.69, 9.17) is 18.9 Å². The first-order valence-electron chi connectivity index (χ1n) is 10.2. The third-order valence-corrected chi connectivity index (χ3v) is 5.09. The van der Waals surface area contributed by atoms with E-state index in [2.05, 4.69) is 0 Å². The molecule has 0 fully saturated rings. The fourth-order valence-corrected chi connectivity index (χ4v) is 3.31. The van der Waals surface area contributed by atoms with Crippen LogP contribution in [0.3, 0.4) is 0 Å². The number of aromatic hydroxyl groups is 1. The van der Waals surface area contributed by atoms with Crippen molar-refractivity contribution in [1.29, 1.82) is 0 Å². The van der Waals surface area contributed by atoms with Crippen molar-refractivity contribution >= 4 is 17.5 Å². The van der Waals surface area contributed by atoms with E-state index in [1.54, 1.807) is 31.2 Å². The first kappa shape index (κ1) is 24.3. The molecule has 0 aromatic heterocycles. The Kier molecular flexibility index (Phi) is 7.53. The Labute approximate surface area is 196 Å². The number of ketones is 2. The molecule has 0 bridgehead atoms. The lowest BCUT2D eigenvalue weighted by atomic mass is 9.96. The molecule has 0 aliphatic carbocycles. The molecule has 3 aromatic rings. The van der Waals surface area contributed by atoms with Crippen LogP contribution in [0.15, 0.2) is 60.7 Å². The van der Waals surface area contributed by atoms with Crippen molar-refractivity contribution in [1.82, 2.24) is 0 Å². The SMILES string of the molecule is COc1ccc(C(=O)OC(C(=O)c2ccc(OC)cc2)C(=O)c2c(O)cc(C)cc2OC)cc1. The first-order chi connectivity index (χ1) is 16.3. The number of carbonyl (C=O) groups is 3. The second kappa shape index (κ2) is 10.5. The number of hydrogen-bond acceptors (Lipinski definition) is 8. The zero-order chi connectivity index (χ0) is 24.8. The van der Waals surface area contributed by atoms with Crippen molar-refractivity contribution in [3.05, 3.63) is 82.9 Å². The first-order valence-corrected chi connectivity index (χ1v) is 10.2. The summed E-state index contributed by atoms with van der Waals surface area (Å²) in [6.45, 7) is 1.71. The zero-order valence-corrected chi connectivity index (χ0v) is 19.2. The highest BCUT2D eigenvalue weighted by molar-refractivity contribution is 6.21. The average Bonchev–Trinajstić information content (AvgIpc) is 2.85. The molecule has 0 heterocycles. The molecule has 1 N–H and O–H groups in total. The molecule has 176 valence electrons. The van der Waals surface area contributed by atoms with Crippen molar-refractivity contribution in [2.45, 2.75) is 13.0 Å². The summed E-state index contributed by atoms with van der Waals surface area (Å²) in [6.07, 6.45) is -1.87. The third kappa shape index (κ3) is 5.17. The molecule has 0 radical (unpaired) electrons. The third-order valence-electron chi connectivity index (χ3n) is 5.09. The van der Waals surface area contributed by atoms with E-state index in [0.717, 1.165) is 0 Å². The van der Waals surface area contributed by atoms with Crippen LogP contribution in [-0.2, 0) is 4.74 Å². The standard InChI is InChI=1S/C26H24O8/c1-15-13-20(27)22(21(14-15)33-4)24(29)25(23(28)16-5-9-18(31-2)10-6-16)34-26(30)17-7-11-19(32-3)12-8-17/h5-14,25,27H,1-4H3. The maximum absolute atomic E-state index is 13.5. The summed E-state index contributed by atoms with van der Waals surface area (Å²) in [4.78, 5) is 39.6. The van der Waals surface area contributed by atoms with Gasteiger partial charge in [-0.1, -0.05) is 0 Å². The van der Waals surface area contributed by atoms with Crippen molar-refractivity contribution < 1.29 is 38.4 Å². The molecule has 0 spiro atoms. The highest BCUT2D eigenvalue weighted by Gasteiger charge is 2.36. The van der Waals surface area contributed by atoms with E-state index in [1.165, 1.54) is 57.7 Å². The molecule has 3 rings (SSSR count). The lowest BCUT2D eigenvalue weighted by Crippen LogP contribution is -2.35. The highest BCUT2D eigenvalue weighted by atomic mass is 16.6. The maximum atomic E-state index is 13.5. The average molecular weight is 464 g/mol. The number of ether oxygens (including phenoxy) is 4. The quantitative estimate of drug-likeness (QED) is 0.287. The molecule has 1 unspecified atom stereocenters. The van der Waals surface area contributed by atoms with Crippen molar-refractivity contribution in [2.75, 3.05) is 21.3 Å². The van der Waals surface area contributed by atoms with E-state index >= 15 is 0 Å². The van der Waals surface area contributed by atoms with Gasteiger partial charge in [0.2, 0.25) is 17.7 Å². The van der Waals surface area contributed by atoms with E-state index in [9.17, 15) is 19.5 Å². The van der Waals surface area contributed by atoms with Crippen LogP contribution in [-0.4, -0.2) is 50.1 Å². The van der Waals surface area contributed by atoms with E-state index < -0.39 is 29.4 Å². The lowest BCUT2D eigenvalue weighted by molar-refractivity contribution is 0.0272. The molecule has 0 amide bonds. The molecule has 34 heavy (non-hydrogen) atoms. The van der Waals surface area contributed by atoms with Crippen LogP contribution in [0.25, 0.3) is 0 Å². The Morgan fingerprint density at radius 3 is 1.76 bits per heavy atom. The predicted octanol–water partition coefficient (Wildman–Crippen LogP) is 4.02. The minimum Gasteiger partial charge on any atom is -0.507 e. The second-order valence-electron chi connectivity index (χ2n) is 7.33. The molecule has 8 nitrogen and oxygen atoms in total. The number of aryl methyl sites for hydroxylation is 1. The summed E-state index contributed by atoms with van der Waals surface area (Å²) in [5.41, 5.74) is 0.607. The van der Waals surface area contributed by atoms with Gasteiger partial charge in [0.15, 0.2) is 0 Å². The van der Waals surface area contributed by atoms with Gasteiger partial charge in [0.1, 0.15) is 28.6 Å². The van der Waals surface area contributed by atoms with Crippen molar-refractivity contribution in [2.24, 2.45) is 0 Å². The van der Waals surface area contributed by atoms with Gasteiger partial charge in [-0.3, -0.25) is 9.59 Å². The van der Waals surface area contributed by atoms with Gasteiger partial charge in [0.05, 0.1) is 26.9 Å². The molecule has 3 aromatic carbocycles. The van der Waals surface area contributed by atoms with E-state index in [1.807, 2.05) is 0 Å². The van der Waals surface area contributed by atoms with Gasteiger partial charge in [0, 0.05) is 5.56 Å². The summed E-state index contributed by atoms with van der Waals surface area (Å²) in [5.74, 6) is -1.90. The highest BCUT2D eigenvalue weighted by Crippen LogP contribution is 2.32. The number of phenols is 1. The van der Waals surface area contributed by atoms with Crippen LogP contribution >= 0.6 is 0 Å². The monoisotopic (exact) mass is 464 g/mol. The topological polar surface area (TPSA) is 108 Å². The van der Waals surface area contributed by atoms with Crippen LogP contribution in [0, 0.1) is 6.92 Å². The summed E-state index contributed by atoms with van der Waals surface area (Å²) >= 11 is 0. The van der Waals surface area contributed by atoms with Gasteiger partial charge < -0.3 is 24.1 Å². The number of benzene rings is 3. The fraction of sp³-hybridized carbons (Fsp3) is 0.192. The second-order valence-corrected chi connectivity index (χ2v) is 7.33. The summed E-state index contributed by atoms with van der Waals surface area (Å²) in [7, 11) is 4.29. The summed E-state index contributed by atoms with van der Waals surface area (Å²) in [6, 6.07) is 14.9. The molecule has 1 atom stereocenters. The number of methoxy groups -OCH3 is 3. The Hall–Kier alpha value is -4.33. The Bertz CT molecular complexity index is 1200. The minimum atomic E-state index is -1.87. The van der Waals surface area contributed by atoms with Crippen LogP contribution < -0.4 is 14.2 Å². The predicted molar refractivity (Wildman–Crippen MR) is 123 cm³/mol. The smallest absolute Gasteiger partial charge is 0.339 e. The molecule has 0 saturated carbocycles. The molecule has 0 aliphatic rings. The zero-order valence-electron chi connectivity index (χ0n) is 19.2. The van der Waals surface area contributed by atoms with Crippen LogP contribution in [0.4, 0.5) is 0 Å². The van der Waals surface area contributed by atoms with Crippen molar-refractivity contribution in [3.8, 4) is 23.0 Å². The molecular weight excluding hydrogens is 440 g/mol. The van der Waals surface area contributed by atoms with E-state index in [-0.39, 0.29) is 22.4 Å². The Balaban J connectivity index is 2.03. The number of Topliss-reactive ketones (excluding diaryl/α,β-unsaturated/α-hetero) is 2. The summed E-state index contributed by atoms with van der Waals surface area (Å²) in [5, 5.41) is 10.5. The van der Waals surface area contributed by atoms with Gasteiger partial charge >= 0.3 is 5.97 Å². The molecule has 0 aliphatic heterocycles. The largest absolute Gasteiger partial charge is 0.507 e. The number of phenolic OH excluding ortho intramolecular Hbond substituents is 1. The number of hydrogen-bond donors (Lipinski definition) is 1. The normalized spacial score (nSPS) is 11.3. The fourth-order valence-electron chi connectivity index (χ4n) is 3.31. The van der Waals surface area contributed by atoms with Crippen molar-refractivity contribution in [3.63, 3.8) is 0 Å². The van der Waals surface area contributed by atoms with Crippen LogP contribution in [0.5, 0.6) is 23.0 Å². The minimum absolute atomic E-state index is 0.0514. The number of rotatable bonds is 9. The maximum Gasteiger partial charge on any atom is 0.339 e. The number of esters is 1. The van der Waals surface area contributed by atoms with E-state index in [0.29, 0.717) is 17.1 Å². The van der Waals surface area contributed by atoms with Gasteiger partial charge in [-0.05, 0) is 73.2 Å². The molecular formula is C26H24O8. The molecule has 8 heteroatoms. The Morgan fingerprint density at radius 2 is 1.26 bits per heavy atom. The number of carbonyl (C=O) groups excluding carboxylic acids is 3. The van der Waals surface area contributed by atoms with Crippen LogP contribution in [0.2, 0.25) is 0 Å².